The minimum absolute atomic E-state index is 0.197. The second-order valence-electron chi connectivity index (χ2n) is 4.81. The third-order valence-electron chi connectivity index (χ3n) is 3.18. The summed E-state index contributed by atoms with van der Waals surface area (Å²) in [6.07, 6.45) is 0.935. The normalized spacial score (nSPS) is 15.8. The van der Waals surface area contributed by atoms with Crippen LogP contribution in [0.15, 0.2) is 24.3 Å². The van der Waals surface area contributed by atoms with Gasteiger partial charge >= 0.3 is 6.03 Å². The van der Waals surface area contributed by atoms with Crippen molar-refractivity contribution in [3.8, 4) is 0 Å². The van der Waals surface area contributed by atoms with Crippen molar-refractivity contribution in [2.45, 2.75) is 6.42 Å². The van der Waals surface area contributed by atoms with E-state index in [0.717, 1.165) is 39.3 Å². The van der Waals surface area contributed by atoms with E-state index in [9.17, 15) is 4.79 Å². The number of nitrogens with one attached hydrogen (secondary N) is 2. The number of anilines is 2. The van der Waals surface area contributed by atoms with Gasteiger partial charge in [-0.25, -0.2) is 4.79 Å². The highest BCUT2D eigenvalue weighted by Gasteiger charge is 2.09. The summed E-state index contributed by atoms with van der Waals surface area (Å²) in [7, 11) is 0. The van der Waals surface area contributed by atoms with E-state index in [4.69, 9.17) is 10.5 Å². The van der Waals surface area contributed by atoms with Gasteiger partial charge in [0.05, 0.1) is 13.2 Å². The van der Waals surface area contributed by atoms with Crippen molar-refractivity contribution >= 4 is 17.4 Å². The zero-order valence-electron chi connectivity index (χ0n) is 11.6. The summed E-state index contributed by atoms with van der Waals surface area (Å²) in [5.41, 5.74) is 6.99. The zero-order valence-corrected chi connectivity index (χ0v) is 11.6. The molecule has 1 heterocycles. The highest BCUT2D eigenvalue weighted by Crippen LogP contribution is 2.11. The molecule has 1 aromatic carbocycles. The summed E-state index contributed by atoms with van der Waals surface area (Å²) in [4.78, 5) is 14.0. The number of carbonyl (C=O) groups is 1. The van der Waals surface area contributed by atoms with Gasteiger partial charge in [-0.3, -0.25) is 4.90 Å². The number of amides is 2. The molecule has 1 aliphatic heterocycles. The first-order chi connectivity index (χ1) is 9.74. The number of urea groups is 1. The van der Waals surface area contributed by atoms with Gasteiger partial charge in [0, 0.05) is 31.0 Å². The average molecular weight is 278 g/mol. The van der Waals surface area contributed by atoms with Gasteiger partial charge in [-0.15, -0.1) is 0 Å². The summed E-state index contributed by atoms with van der Waals surface area (Å²) in [6, 6.07) is 6.93. The molecule has 4 N–H and O–H groups in total. The van der Waals surface area contributed by atoms with Crippen molar-refractivity contribution in [1.29, 1.82) is 0 Å². The zero-order chi connectivity index (χ0) is 14.2. The SMILES string of the molecule is Nc1cccc(NC(=O)NCCCN2CCOCC2)c1. The quantitative estimate of drug-likeness (QED) is 0.557. The summed E-state index contributed by atoms with van der Waals surface area (Å²) in [5.74, 6) is 0. The van der Waals surface area contributed by atoms with Gasteiger partial charge in [-0.2, -0.15) is 0 Å². The molecule has 0 spiro atoms. The van der Waals surface area contributed by atoms with E-state index in [0.29, 0.717) is 17.9 Å². The number of hydrogen-bond donors (Lipinski definition) is 3. The van der Waals surface area contributed by atoms with Crippen molar-refractivity contribution in [3.63, 3.8) is 0 Å². The molecule has 20 heavy (non-hydrogen) atoms. The highest BCUT2D eigenvalue weighted by atomic mass is 16.5. The Hall–Kier alpha value is -1.79. The maximum atomic E-state index is 11.7. The molecule has 0 bridgehead atoms. The van der Waals surface area contributed by atoms with Gasteiger partial charge in [0.1, 0.15) is 0 Å². The van der Waals surface area contributed by atoms with Crippen molar-refractivity contribution in [1.82, 2.24) is 10.2 Å². The molecule has 2 amide bonds. The molecule has 0 atom stereocenters. The van der Waals surface area contributed by atoms with E-state index in [2.05, 4.69) is 15.5 Å². The lowest BCUT2D eigenvalue weighted by Gasteiger charge is -2.26. The summed E-state index contributed by atoms with van der Waals surface area (Å²) >= 11 is 0. The molecule has 1 aliphatic rings. The summed E-state index contributed by atoms with van der Waals surface area (Å²) in [5, 5.41) is 5.60. The highest BCUT2D eigenvalue weighted by molar-refractivity contribution is 5.89. The first-order valence-corrected chi connectivity index (χ1v) is 6.94. The molecule has 2 rings (SSSR count). The van der Waals surface area contributed by atoms with E-state index in [-0.39, 0.29) is 6.03 Å². The van der Waals surface area contributed by atoms with Crippen molar-refractivity contribution in [2.24, 2.45) is 0 Å². The third-order valence-corrected chi connectivity index (χ3v) is 3.18. The molecule has 0 aromatic heterocycles. The molecule has 0 saturated carbocycles. The summed E-state index contributed by atoms with van der Waals surface area (Å²) in [6.45, 7) is 5.23. The van der Waals surface area contributed by atoms with Gasteiger partial charge in [-0.05, 0) is 31.2 Å². The summed E-state index contributed by atoms with van der Waals surface area (Å²) < 4.78 is 5.29. The van der Waals surface area contributed by atoms with Crippen molar-refractivity contribution < 1.29 is 9.53 Å². The fourth-order valence-electron chi connectivity index (χ4n) is 2.12. The lowest BCUT2D eigenvalue weighted by molar-refractivity contribution is 0.0375. The van der Waals surface area contributed by atoms with E-state index >= 15 is 0 Å². The number of nitrogens with two attached hydrogens (primary N) is 1. The van der Waals surface area contributed by atoms with Crippen LogP contribution in [0.2, 0.25) is 0 Å². The Balaban J connectivity index is 1.60. The fraction of sp³-hybridized carbons (Fsp3) is 0.500. The number of nitrogens with zero attached hydrogens (tertiary/aromatic N) is 1. The number of morpholine rings is 1. The predicted molar refractivity (Wildman–Crippen MR) is 79.8 cm³/mol. The van der Waals surface area contributed by atoms with E-state index < -0.39 is 0 Å². The van der Waals surface area contributed by atoms with Crippen LogP contribution in [-0.4, -0.2) is 50.3 Å². The monoisotopic (exact) mass is 278 g/mol. The molecule has 0 radical (unpaired) electrons. The lowest BCUT2D eigenvalue weighted by atomic mass is 10.3. The molecular formula is C14H22N4O2. The third kappa shape index (κ3) is 5.07. The van der Waals surface area contributed by atoms with Crippen LogP contribution in [0.5, 0.6) is 0 Å². The van der Waals surface area contributed by atoms with Gasteiger partial charge in [-0.1, -0.05) is 6.07 Å². The molecule has 110 valence electrons. The topological polar surface area (TPSA) is 79.6 Å². The minimum atomic E-state index is -0.197. The number of carbonyl (C=O) groups excluding carboxylic acids is 1. The molecule has 1 aromatic rings. The Morgan fingerprint density at radius 3 is 2.90 bits per heavy atom. The molecule has 1 saturated heterocycles. The minimum Gasteiger partial charge on any atom is -0.399 e. The van der Waals surface area contributed by atoms with Crippen LogP contribution < -0.4 is 16.4 Å². The van der Waals surface area contributed by atoms with Crippen LogP contribution >= 0.6 is 0 Å². The fourth-order valence-corrected chi connectivity index (χ4v) is 2.12. The largest absolute Gasteiger partial charge is 0.399 e. The van der Waals surface area contributed by atoms with Gasteiger partial charge in [0.25, 0.3) is 0 Å². The maximum absolute atomic E-state index is 11.7. The maximum Gasteiger partial charge on any atom is 0.319 e. The number of ether oxygens (including phenoxy) is 1. The van der Waals surface area contributed by atoms with E-state index in [1.54, 1.807) is 12.1 Å². The Morgan fingerprint density at radius 1 is 1.35 bits per heavy atom. The smallest absolute Gasteiger partial charge is 0.319 e. The Kier molecular flexibility index (Phi) is 5.64. The Morgan fingerprint density at radius 2 is 2.15 bits per heavy atom. The second-order valence-corrected chi connectivity index (χ2v) is 4.81. The van der Waals surface area contributed by atoms with Crippen LogP contribution in [0.3, 0.4) is 0 Å². The predicted octanol–water partition coefficient (Wildman–Crippen LogP) is 1.11. The molecule has 1 fully saturated rings. The van der Waals surface area contributed by atoms with E-state index in [1.165, 1.54) is 0 Å². The van der Waals surface area contributed by atoms with Crippen LogP contribution in [0.4, 0.5) is 16.2 Å². The number of nitrogen functional groups attached to an aromatic ring is 1. The first-order valence-electron chi connectivity index (χ1n) is 6.94. The number of hydrogen-bond acceptors (Lipinski definition) is 4. The van der Waals surface area contributed by atoms with E-state index in [1.807, 2.05) is 12.1 Å². The molecule has 6 nitrogen and oxygen atoms in total. The number of rotatable bonds is 5. The molecule has 6 heteroatoms. The number of benzene rings is 1. The molecular weight excluding hydrogens is 256 g/mol. The van der Waals surface area contributed by atoms with Crippen LogP contribution in [-0.2, 0) is 4.74 Å². The van der Waals surface area contributed by atoms with Gasteiger partial charge in [0.2, 0.25) is 0 Å². The average Bonchev–Trinajstić information content (AvgIpc) is 2.45. The Labute approximate surface area is 119 Å². The van der Waals surface area contributed by atoms with Crippen molar-refractivity contribution in [2.75, 3.05) is 50.4 Å². The molecule has 0 aliphatic carbocycles. The van der Waals surface area contributed by atoms with Crippen LogP contribution in [0.1, 0.15) is 6.42 Å². The van der Waals surface area contributed by atoms with Crippen molar-refractivity contribution in [3.05, 3.63) is 24.3 Å². The van der Waals surface area contributed by atoms with Gasteiger partial charge < -0.3 is 21.1 Å². The van der Waals surface area contributed by atoms with Crippen LogP contribution in [0, 0.1) is 0 Å². The molecule has 0 unspecified atom stereocenters. The van der Waals surface area contributed by atoms with Gasteiger partial charge in [0.15, 0.2) is 0 Å². The second kappa shape index (κ2) is 7.72. The van der Waals surface area contributed by atoms with Crippen LogP contribution in [0.25, 0.3) is 0 Å². The Bertz CT molecular complexity index is 433. The standard InChI is InChI=1S/C14H22N4O2/c15-12-3-1-4-13(11-12)17-14(19)16-5-2-6-18-7-9-20-10-8-18/h1,3-4,11H,2,5-10,15H2,(H2,16,17,19). The first kappa shape index (κ1) is 14.6. The lowest BCUT2D eigenvalue weighted by Crippen LogP contribution is -2.38.